The number of benzene rings is 2. The van der Waals surface area contributed by atoms with Crippen LogP contribution in [0.5, 0.6) is 0 Å². The first kappa shape index (κ1) is 16.0. The van der Waals surface area contributed by atoms with Crippen LogP contribution in [0, 0.1) is 0 Å². The molecule has 1 fully saturated rings. The number of likely N-dealkylation sites (tertiary alicyclic amines) is 1. The number of carbonyl (C=O) groups is 1. The summed E-state index contributed by atoms with van der Waals surface area (Å²) in [4.78, 5) is 14.3. The zero-order valence-electron chi connectivity index (χ0n) is 12.8. The van der Waals surface area contributed by atoms with Crippen LogP contribution in [0.2, 0.25) is 5.02 Å². The maximum absolute atomic E-state index is 12.2. The Balaban J connectivity index is 1.56. The molecule has 2 aromatic carbocycles. The Hall–Kier alpha value is -1.88. The van der Waals surface area contributed by atoms with Crippen LogP contribution in [0.15, 0.2) is 54.6 Å². The summed E-state index contributed by atoms with van der Waals surface area (Å²) >= 11 is 5.84. The standard InChI is InChI=1S/C18H20ClN3O/c19-14-6-8-15(9-7-14)21-18(23)12-22-10-16(17(20)11-22)13-4-2-1-3-5-13/h1-9,16-17H,10-12,20H2,(H,21,23)/t16-,17+/m0/s1. The Morgan fingerprint density at radius 1 is 1.13 bits per heavy atom. The number of nitrogens with one attached hydrogen (secondary N) is 1. The maximum Gasteiger partial charge on any atom is 0.238 e. The summed E-state index contributed by atoms with van der Waals surface area (Å²) in [5.74, 6) is 0.243. The van der Waals surface area contributed by atoms with E-state index >= 15 is 0 Å². The van der Waals surface area contributed by atoms with E-state index in [-0.39, 0.29) is 17.9 Å². The molecule has 1 aliphatic heterocycles. The number of halogens is 1. The lowest BCUT2D eigenvalue weighted by Crippen LogP contribution is -2.33. The fourth-order valence-electron chi connectivity index (χ4n) is 3.03. The van der Waals surface area contributed by atoms with E-state index in [1.54, 1.807) is 24.3 Å². The summed E-state index contributed by atoms with van der Waals surface area (Å²) in [6, 6.07) is 17.4. The molecule has 2 atom stereocenters. The minimum absolute atomic E-state index is 0.0340. The minimum Gasteiger partial charge on any atom is -0.326 e. The minimum atomic E-state index is -0.0340. The van der Waals surface area contributed by atoms with Crippen LogP contribution in [0.3, 0.4) is 0 Å². The lowest BCUT2D eigenvalue weighted by atomic mass is 9.95. The van der Waals surface area contributed by atoms with Gasteiger partial charge < -0.3 is 11.1 Å². The summed E-state index contributed by atoms with van der Waals surface area (Å²) in [5, 5.41) is 3.54. The van der Waals surface area contributed by atoms with Gasteiger partial charge in [-0.05, 0) is 29.8 Å². The first-order valence-electron chi connectivity index (χ1n) is 7.70. The first-order chi connectivity index (χ1) is 11.1. The maximum atomic E-state index is 12.2. The van der Waals surface area contributed by atoms with Gasteiger partial charge in [-0.1, -0.05) is 41.9 Å². The van der Waals surface area contributed by atoms with Crippen molar-refractivity contribution in [3.8, 4) is 0 Å². The highest BCUT2D eigenvalue weighted by molar-refractivity contribution is 6.30. The van der Waals surface area contributed by atoms with Gasteiger partial charge in [0.05, 0.1) is 6.54 Å². The Morgan fingerprint density at radius 3 is 2.52 bits per heavy atom. The number of hydrogen-bond acceptors (Lipinski definition) is 3. The van der Waals surface area contributed by atoms with Gasteiger partial charge in [-0.15, -0.1) is 0 Å². The van der Waals surface area contributed by atoms with Crippen molar-refractivity contribution in [1.29, 1.82) is 0 Å². The van der Waals surface area contributed by atoms with E-state index in [4.69, 9.17) is 17.3 Å². The van der Waals surface area contributed by atoms with Gasteiger partial charge in [0.25, 0.3) is 0 Å². The third-order valence-electron chi connectivity index (χ3n) is 4.16. The fraction of sp³-hybridized carbons (Fsp3) is 0.278. The summed E-state index contributed by atoms with van der Waals surface area (Å²) in [6.45, 7) is 1.88. The second-order valence-corrected chi connectivity index (χ2v) is 6.37. The molecule has 1 heterocycles. The average molecular weight is 330 g/mol. The Bertz CT molecular complexity index is 660. The molecule has 0 aromatic heterocycles. The molecule has 23 heavy (non-hydrogen) atoms. The van der Waals surface area contributed by atoms with Crippen LogP contribution in [0.25, 0.3) is 0 Å². The van der Waals surface area contributed by atoms with Crippen molar-refractivity contribution >= 4 is 23.2 Å². The van der Waals surface area contributed by atoms with E-state index in [1.807, 2.05) is 18.2 Å². The van der Waals surface area contributed by atoms with Crippen LogP contribution in [0.1, 0.15) is 11.5 Å². The molecule has 0 radical (unpaired) electrons. The third kappa shape index (κ3) is 4.10. The molecule has 0 unspecified atom stereocenters. The lowest BCUT2D eigenvalue weighted by molar-refractivity contribution is -0.117. The molecule has 1 amide bonds. The fourth-order valence-corrected chi connectivity index (χ4v) is 3.16. The number of hydrogen-bond donors (Lipinski definition) is 2. The van der Waals surface area contributed by atoms with E-state index in [0.717, 1.165) is 18.8 Å². The average Bonchev–Trinajstić information content (AvgIpc) is 2.91. The summed E-state index contributed by atoms with van der Waals surface area (Å²) in [5.41, 5.74) is 8.25. The quantitative estimate of drug-likeness (QED) is 0.906. The normalized spacial score (nSPS) is 21.3. The molecule has 0 saturated carbocycles. The van der Waals surface area contributed by atoms with Crippen molar-refractivity contribution < 1.29 is 4.79 Å². The lowest BCUT2D eigenvalue weighted by Gasteiger charge is -2.16. The Morgan fingerprint density at radius 2 is 1.83 bits per heavy atom. The Kier molecular flexibility index (Phi) is 4.96. The number of nitrogens with zero attached hydrogens (tertiary/aromatic N) is 1. The highest BCUT2D eigenvalue weighted by Gasteiger charge is 2.31. The molecule has 120 valence electrons. The van der Waals surface area contributed by atoms with Gasteiger partial charge in [0.15, 0.2) is 0 Å². The zero-order valence-corrected chi connectivity index (χ0v) is 13.5. The number of rotatable bonds is 4. The van der Waals surface area contributed by atoms with E-state index < -0.39 is 0 Å². The SMILES string of the molecule is N[C@@H]1CN(CC(=O)Nc2ccc(Cl)cc2)C[C@H]1c1ccccc1. The number of amides is 1. The number of nitrogens with two attached hydrogens (primary N) is 1. The monoisotopic (exact) mass is 329 g/mol. The highest BCUT2D eigenvalue weighted by atomic mass is 35.5. The molecular formula is C18H20ClN3O. The molecule has 3 N–H and O–H groups in total. The molecule has 4 nitrogen and oxygen atoms in total. The zero-order chi connectivity index (χ0) is 16.2. The van der Waals surface area contributed by atoms with Crippen LogP contribution in [0.4, 0.5) is 5.69 Å². The molecule has 0 aliphatic carbocycles. The summed E-state index contributed by atoms with van der Waals surface area (Å²) in [7, 11) is 0. The van der Waals surface area contributed by atoms with Gasteiger partial charge in [-0.3, -0.25) is 9.69 Å². The van der Waals surface area contributed by atoms with Crippen molar-refractivity contribution in [2.24, 2.45) is 5.73 Å². The predicted octanol–water partition coefficient (Wildman–Crippen LogP) is 2.71. The largest absolute Gasteiger partial charge is 0.326 e. The number of anilines is 1. The molecular weight excluding hydrogens is 310 g/mol. The van der Waals surface area contributed by atoms with Crippen LogP contribution in [-0.2, 0) is 4.79 Å². The van der Waals surface area contributed by atoms with E-state index in [2.05, 4.69) is 22.3 Å². The van der Waals surface area contributed by atoms with Gasteiger partial charge in [-0.25, -0.2) is 0 Å². The highest BCUT2D eigenvalue weighted by Crippen LogP contribution is 2.26. The third-order valence-corrected chi connectivity index (χ3v) is 4.42. The number of carbonyl (C=O) groups excluding carboxylic acids is 1. The van der Waals surface area contributed by atoms with E-state index in [1.165, 1.54) is 5.56 Å². The van der Waals surface area contributed by atoms with Crippen molar-refractivity contribution in [3.05, 3.63) is 65.2 Å². The van der Waals surface area contributed by atoms with Crippen LogP contribution < -0.4 is 11.1 Å². The van der Waals surface area contributed by atoms with E-state index in [0.29, 0.717) is 11.6 Å². The van der Waals surface area contributed by atoms with Gasteiger partial charge in [0.2, 0.25) is 5.91 Å². The van der Waals surface area contributed by atoms with Gasteiger partial charge in [0, 0.05) is 35.8 Å². The van der Waals surface area contributed by atoms with Gasteiger partial charge in [0.1, 0.15) is 0 Å². The summed E-state index contributed by atoms with van der Waals surface area (Å²) < 4.78 is 0. The van der Waals surface area contributed by atoms with Crippen LogP contribution in [-0.4, -0.2) is 36.5 Å². The summed E-state index contributed by atoms with van der Waals surface area (Å²) in [6.07, 6.45) is 0. The predicted molar refractivity (Wildman–Crippen MR) is 93.7 cm³/mol. The topological polar surface area (TPSA) is 58.4 Å². The second kappa shape index (κ2) is 7.13. The second-order valence-electron chi connectivity index (χ2n) is 5.93. The van der Waals surface area contributed by atoms with Crippen molar-refractivity contribution in [3.63, 3.8) is 0 Å². The van der Waals surface area contributed by atoms with Crippen molar-refractivity contribution in [2.75, 3.05) is 25.0 Å². The molecule has 5 heteroatoms. The van der Waals surface area contributed by atoms with Crippen LogP contribution >= 0.6 is 11.6 Å². The molecule has 0 spiro atoms. The molecule has 1 aliphatic rings. The molecule has 3 rings (SSSR count). The van der Waals surface area contributed by atoms with Crippen molar-refractivity contribution in [1.82, 2.24) is 4.90 Å². The van der Waals surface area contributed by atoms with Gasteiger partial charge in [-0.2, -0.15) is 0 Å². The van der Waals surface area contributed by atoms with Crippen molar-refractivity contribution in [2.45, 2.75) is 12.0 Å². The molecule has 1 saturated heterocycles. The molecule has 0 bridgehead atoms. The smallest absolute Gasteiger partial charge is 0.238 e. The van der Waals surface area contributed by atoms with Gasteiger partial charge >= 0.3 is 0 Å². The molecule has 2 aromatic rings. The first-order valence-corrected chi connectivity index (χ1v) is 8.08. The van der Waals surface area contributed by atoms with E-state index in [9.17, 15) is 4.79 Å². The Labute approximate surface area is 141 Å².